The minimum absolute atomic E-state index is 0.0220. The summed E-state index contributed by atoms with van der Waals surface area (Å²) in [4.78, 5) is 15.8. The van der Waals surface area contributed by atoms with Crippen LogP contribution < -0.4 is 0 Å². The van der Waals surface area contributed by atoms with E-state index in [1.165, 1.54) is 6.07 Å². The molecule has 1 atom stereocenters. The maximum absolute atomic E-state index is 14.0. The fraction of sp³-hybridized carbons (Fsp3) is 0.588. The molecule has 5 nitrogen and oxygen atoms in total. The van der Waals surface area contributed by atoms with E-state index in [1.807, 2.05) is 0 Å². The maximum atomic E-state index is 14.0. The summed E-state index contributed by atoms with van der Waals surface area (Å²) in [5.41, 5.74) is 0.0220. The van der Waals surface area contributed by atoms with E-state index < -0.39 is 23.6 Å². The molecule has 3 rings (SSSR count). The van der Waals surface area contributed by atoms with E-state index in [2.05, 4.69) is 4.90 Å². The molecular formula is C17H22F2N2O3. The van der Waals surface area contributed by atoms with Crippen LogP contribution in [0.4, 0.5) is 8.78 Å². The largest absolute Gasteiger partial charge is 0.480 e. The number of nitrogens with zero attached hydrogens (tertiary/aromatic N) is 2. The highest BCUT2D eigenvalue weighted by atomic mass is 19.1. The van der Waals surface area contributed by atoms with Gasteiger partial charge in [0.05, 0.1) is 13.2 Å². The number of morpholine rings is 1. The summed E-state index contributed by atoms with van der Waals surface area (Å²) in [5, 5.41) is 9.56. The number of halogens is 2. The number of aliphatic carboxylic acids is 1. The van der Waals surface area contributed by atoms with Crippen molar-refractivity contribution < 1.29 is 23.4 Å². The molecular weight excluding hydrogens is 318 g/mol. The third-order valence-electron chi connectivity index (χ3n) is 4.92. The summed E-state index contributed by atoms with van der Waals surface area (Å²) >= 11 is 0. The Bertz CT molecular complexity index is 585. The number of carboxylic acid groups (broad SMARTS) is 1. The second-order valence-corrected chi connectivity index (χ2v) is 6.32. The first-order valence-electron chi connectivity index (χ1n) is 8.30. The smallest absolute Gasteiger partial charge is 0.325 e. The Hall–Kier alpha value is -1.57. The second-order valence-electron chi connectivity index (χ2n) is 6.32. The molecule has 0 bridgehead atoms. The molecule has 24 heavy (non-hydrogen) atoms. The van der Waals surface area contributed by atoms with Gasteiger partial charge in [0.2, 0.25) is 0 Å². The molecule has 0 unspecified atom stereocenters. The lowest BCUT2D eigenvalue weighted by Gasteiger charge is -2.41. The molecule has 2 aliphatic rings. The number of benzene rings is 1. The summed E-state index contributed by atoms with van der Waals surface area (Å²) in [6.07, 6.45) is 1.68. The predicted octanol–water partition coefficient (Wildman–Crippen LogP) is 1.89. The molecule has 1 N–H and O–H groups in total. The number of ether oxygens (including phenoxy) is 1. The number of hydrogen-bond acceptors (Lipinski definition) is 4. The van der Waals surface area contributed by atoms with Gasteiger partial charge >= 0.3 is 5.97 Å². The first kappa shape index (κ1) is 17.3. The Labute approximate surface area is 139 Å². The monoisotopic (exact) mass is 340 g/mol. The Kier molecular flexibility index (Phi) is 5.43. The van der Waals surface area contributed by atoms with Gasteiger partial charge in [-0.1, -0.05) is 6.07 Å². The van der Waals surface area contributed by atoms with Crippen LogP contribution in [0, 0.1) is 11.6 Å². The van der Waals surface area contributed by atoms with Crippen molar-refractivity contribution in [3.05, 3.63) is 35.4 Å². The quantitative estimate of drug-likeness (QED) is 0.907. The Balaban J connectivity index is 1.68. The molecule has 1 aromatic rings. The summed E-state index contributed by atoms with van der Waals surface area (Å²) in [5.74, 6) is -2.62. The van der Waals surface area contributed by atoms with Gasteiger partial charge in [0.15, 0.2) is 0 Å². The average Bonchev–Trinajstić information content (AvgIpc) is 2.58. The zero-order chi connectivity index (χ0) is 17.1. The van der Waals surface area contributed by atoms with E-state index in [4.69, 9.17) is 4.74 Å². The molecule has 2 saturated heterocycles. The van der Waals surface area contributed by atoms with Crippen LogP contribution in [0.2, 0.25) is 0 Å². The minimum atomic E-state index is -1.11. The normalized spacial score (nSPS) is 22.4. The Morgan fingerprint density at radius 1 is 1.17 bits per heavy atom. The molecule has 7 heteroatoms. The van der Waals surface area contributed by atoms with Crippen molar-refractivity contribution in [2.45, 2.75) is 24.9 Å². The SMILES string of the molecule is O=C(O)[C@H](c1ccc(F)cc1F)N1CCC(N2CCOCC2)CC1. The molecule has 132 valence electrons. The van der Waals surface area contributed by atoms with Crippen molar-refractivity contribution in [2.24, 2.45) is 0 Å². The number of piperidine rings is 1. The van der Waals surface area contributed by atoms with Gasteiger partial charge < -0.3 is 9.84 Å². The molecule has 2 fully saturated rings. The molecule has 0 amide bonds. The lowest BCUT2D eigenvalue weighted by molar-refractivity contribution is -0.144. The maximum Gasteiger partial charge on any atom is 0.325 e. The van der Waals surface area contributed by atoms with Gasteiger partial charge in [-0.25, -0.2) is 8.78 Å². The molecule has 0 aromatic heterocycles. The van der Waals surface area contributed by atoms with Crippen molar-refractivity contribution in [3.8, 4) is 0 Å². The molecule has 0 spiro atoms. The molecule has 2 heterocycles. The predicted molar refractivity (Wildman–Crippen MR) is 83.7 cm³/mol. The highest BCUT2D eigenvalue weighted by molar-refractivity contribution is 5.75. The molecule has 2 aliphatic heterocycles. The van der Waals surface area contributed by atoms with Gasteiger partial charge in [-0.05, 0) is 18.9 Å². The van der Waals surface area contributed by atoms with Crippen LogP contribution in [0.5, 0.6) is 0 Å². The summed E-state index contributed by atoms with van der Waals surface area (Å²) < 4.78 is 32.5. The van der Waals surface area contributed by atoms with Gasteiger partial charge in [-0.3, -0.25) is 14.6 Å². The highest BCUT2D eigenvalue weighted by Gasteiger charge is 2.34. The van der Waals surface area contributed by atoms with Crippen molar-refractivity contribution in [3.63, 3.8) is 0 Å². The van der Waals surface area contributed by atoms with Crippen LogP contribution in [0.15, 0.2) is 18.2 Å². The lowest BCUT2D eigenvalue weighted by atomic mass is 9.97. The summed E-state index contributed by atoms with van der Waals surface area (Å²) in [6.45, 7) is 4.43. The number of carbonyl (C=O) groups is 1. The second kappa shape index (κ2) is 7.55. The van der Waals surface area contributed by atoms with Crippen molar-refractivity contribution in [1.82, 2.24) is 9.80 Å². The number of likely N-dealkylation sites (tertiary alicyclic amines) is 1. The lowest BCUT2D eigenvalue weighted by Crippen LogP contribution is -2.50. The Morgan fingerprint density at radius 3 is 2.42 bits per heavy atom. The fourth-order valence-electron chi connectivity index (χ4n) is 3.66. The van der Waals surface area contributed by atoms with Gasteiger partial charge in [-0.15, -0.1) is 0 Å². The third-order valence-corrected chi connectivity index (χ3v) is 4.92. The Morgan fingerprint density at radius 2 is 1.83 bits per heavy atom. The molecule has 0 radical (unpaired) electrons. The van der Waals surface area contributed by atoms with E-state index in [0.29, 0.717) is 19.1 Å². The minimum Gasteiger partial charge on any atom is -0.480 e. The van der Waals surface area contributed by atoms with E-state index >= 15 is 0 Å². The fourth-order valence-corrected chi connectivity index (χ4v) is 3.66. The molecule has 0 aliphatic carbocycles. The van der Waals surface area contributed by atoms with E-state index in [9.17, 15) is 18.7 Å². The van der Waals surface area contributed by atoms with Crippen LogP contribution in [-0.2, 0) is 9.53 Å². The van der Waals surface area contributed by atoms with Gasteiger partial charge in [0, 0.05) is 43.9 Å². The zero-order valence-electron chi connectivity index (χ0n) is 13.5. The van der Waals surface area contributed by atoms with Gasteiger partial charge in [-0.2, -0.15) is 0 Å². The zero-order valence-corrected chi connectivity index (χ0v) is 13.5. The van der Waals surface area contributed by atoms with Gasteiger partial charge in [0.1, 0.15) is 17.7 Å². The topological polar surface area (TPSA) is 53.0 Å². The average molecular weight is 340 g/mol. The first-order chi connectivity index (χ1) is 11.6. The standard InChI is InChI=1S/C17H22F2N2O3/c18-12-1-2-14(15(19)11-12)16(17(22)23)21-5-3-13(4-6-21)20-7-9-24-10-8-20/h1-2,11,13,16H,3-10H2,(H,22,23)/t16-/m0/s1. The summed E-state index contributed by atoms with van der Waals surface area (Å²) in [7, 11) is 0. The van der Waals surface area contributed by atoms with Crippen LogP contribution in [0.1, 0.15) is 24.4 Å². The van der Waals surface area contributed by atoms with Crippen molar-refractivity contribution in [2.75, 3.05) is 39.4 Å². The van der Waals surface area contributed by atoms with Gasteiger partial charge in [0.25, 0.3) is 0 Å². The van der Waals surface area contributed by atoms with Crippen LogP contribution in [0.25, 0.3) is 0 Å². The number of hydrogen-bond donors (Lipinski definition) is 1. The van der Waals surface area contributed by atoms with Crippen molar-refractivity contribution >= 4 is 5.97 Å². The number of carboxylic acids is 1. The van der Waals surface area contributed by atoms with E-state index in [0.717, 1.165) is 51.3 Å². The number of rotatable bonds is 4. The van der Waals surface area contributed by atoms with E-state index in [1.54, 1.807) is 4.90 Å². The summed E-state index contributed by atoms with van der Waals surface area (Å²) in [6, 6.07) is 2.42. The van der Waals surface area contributed by atoms with Crippen LogP contribution >= 0.6 is 0 Å². The van der Waals surface area contributed by atoms with Crippen LogP contribution in [-0.4, -0.2) is 66.3 Å². The van der Waals surface area contributed by atoms with Crippen molar-refractivity contribution in [1.29, 1.82) is 0 Å². The first-order valence-corrected chi connectivity index (χ1v) is 8.30. The molecule has 0 saturated carbocycles. The molecule has 1 aromatic carbocycles. The third kappa shape index (κ3) is 3.74. The van der Waals surface area contributed by atoms with Crippen LogP contribution in [0.3, 0.4) is 0 Å². The highest BCUT2D eigenvalue weighted by Crippen LogP contribution is 2.29. The van der Waals surface area contributed by atoms with E-state index in [-0.39, 0.29) is 5.56 Å².